The number of aromatic hydroxyl groups is 1. The summed E-state index contributed by atoms with van der Waals surface area (Å²) in [5, 5.41) is 11.8. The Bertz CT molecular complexity index is 1640. The average Bonchev–Trinajstić information content (AvgIpc) is 3.32. The maximum atomic E-state index is 13.8. The monoisotopic (exact) mass is 452 g/mol. The van der Waals surface area contributed by atoms with Crippen LogP contribution >= 0.6 is 0 Å². The molecule has 0 spiro atoms. The number of anilines is 2. The maximum Gasteiger partial charge on any atom is 0.264 e. The Hall–Kier alpha value is -4.56. The third-order valence-corrected chi connectivity index (χ3v) is 6.25. The second-order valence-corrected chi connectivity index (χ2v) is 8.24. The van der Waals surface area contributed by atoms with Gasteiger partial charge in [0.15, 0.2) is 5.54 Å². The summed E-state index contributed by atoms with van der Waals surface area (Å²) >= 11 is 0. The number of ketones is 1. The second kappa shape index (κ2) is 6.97. The van der Waals surface area contributed by atoms with Crippen LogP contribution in [0.1, 0.15) is 16.1 Å². The van der Waals surface area contributed by atoms with E-state index in [-0.39, 0.29) is 17.0 Å². The van der Waals surface area contributed by atoms with Gasteiger partial charge in [-0.25, -0.2) is 4.39 Å². The largest absolute Gasteiger partial charge is 0.508 e. The average molecular weight is 452 g/mol. The molecule has 0 bridgehead atoms. The molecule has 4 N–H and O–H groups in total. The van der Waals surface area contributed by atoms with E-state index in [0.717, 1.165) is 21.8 Å². The minimum Gasteiger partial charge on any atom is -0.508 e. The lowest BCUT2D eigenvalue weighted by Crippen LogP contribution is -2.52. The lowest BCUT2D eigenvalue weighted by atomic mass is 9.86. The zero-order chi connectivity index (χ0) is 23.6. The molecule has 2 aromatic heterocycles. The molecule has 7 nitrogen and oxygen atoms in total. The number of hydrogen-bond donors (Lipinski definition) is 3. The van der Waals surface area contributed by atoms with Crippen molar-refractivity contribution < 1.29 is 19.1 Å². The molecule has 1 aliphatic rings. The number of pyridine rings is 1. The van der Waals surface area contributed by atoms with Gasteiger partial charge in [-0.2, -0.15) is 0 Å². The summed E-state index contributed by atoms with van der Waals surface area (Å²) in [7, 11) is 0. The number of benzene rings is 3. The van der Waals surface area contributed by atoms with E-state index in [1.165, 1.54) is 53.6 Å². The van der Waals surface area contributed by atoms with Crippen LogP contribution in [0.2, 0.25) is 0 Å². The lowest BCUT2D eigenvalue weighted by molar-refractivity contribution is -0.120. The Balaban J connectivity index is 1.52. The number of H-pyrrole nitrogens is 1. The summed E-state index contributed by atoms with van der Waals surface area (Å²) in [4.78, 5) is 36.3. The SMILES string of the molecule is NC1(C(=O)c2cc3c(cn2)[nH]c2ccccc23)C(=O)N(c2ccc(F)cc2)c2ccc(O)cc21. The fourth-order valence-electron chi connectivity index (χ4n) is 4.58. The highest BCUT2D eigenvalue weighted by Gasteiger charge is 2.55. The maximum absolute atomic E-state index is 13.8. The van der Waals surface area contributed by atoms with Gasteiger partial charge in [0.05, 0.1) is 17.4 Å². The molecule has 3 aromatic carbocycles. The second-order valence-electron chi connectivity index (χ2n) is 8.24. The Morgan fingerprint density at radius 1 is 1.00 bits per heavy atom. The highest BCUT2D eigenvalue weighted by atomic mass is 19.1. The molecule has 0 radical (unpaired) electrons. The zero-order valence-corrected chi connectivity index (χ0v) is 17.6. The van der Waals surface area contributed by atoms with Crippen molar-refractivity contribution in [1.29, 1.82) is 0 Å². The number of fused-ring (bicyclic) bond motifs is 4. The van der Waals surface area contributed by atoms with Crippen LogP contribution in [0.5, 0.6) is 5.75 Å². The first kappa shape index (κ1) is 20.1. The first-order valence-electron chi connectivity index (χ1n) is 10.5. The minimum atomic E-state index is -2.13. The normalized spacial score (nSPS) is 17.5. The third-order valence-electron chi connectivity index (χ3n) is 6.25. The van der Waals surface area contributed by atoms with Crippen LogP contribution in [0, 0.1) is 5.82 Å². The van der Waals surface area contributed by atoms with Gasteiger partial charge in [0.25, 0.3) is 5.91 Å². The number of nitrogens with two attached hydrogens (primary N) is 1. The highest BCUT2D eigenvalue weighted by molar-refractivity contribution is 6.28. The molecule has 34 heavy (non-hydrogen) atoms. The Morgan fingerprint density at radius 3 is 2.56 bits per heavy atom. The molecule has 1 atom stereocenters. The van der Waals surface area contributed by atoms with Gasteiger partial charge in [-0.3, -0.25) is 19.5 Å². The molecule has 6 rings (SSSR count). The number of para-hydroxylation sites is 1. The van der Waals surface area contributed by atoms with Gasteiger partial charge < -0.3 is 15.8 Å². The number of aromatic amines is 1. The number of phenolic OH excluding ortho intramolecular Hbond substituents is 1. The Morgan fingerprint density at radius 2 is 1.76 bits per heavy atom. The molecule has 0 aliphatic carbocycles. The fraction of sp³-hybridized carbons (Fsp3) is 0.0385. The van der Waals surface area contributed by atoms with Gasteiger partial charge in [0.2, 0.25) is 5.78 Å². The molecular formula is C26H17FN4O3. The van der Waals surface area contributed by atoms with E-state index >= 15 is 0 Å². The number of carbonyl (C=O) groups is 2. The molecule has 1 amide bonds. The molecular weight excluding hydrogens is 435 g/mol. The van der Waals surface area contributed by atoms with Crippen LogP contribution in [-0.4, -0.2) is 26.8 Å². The summed E-state index contributed by atoms with van der Waals surface area (Å²) in [5.41, 5.74) is 6.92. The van der Waals surface area contributed by atoms with Gasteiger partial charge in [0, 0.05) is 27.5 Å². The third kappa shape index (κ3) is 2.69. The van der Waals surface area contributed by atoms with Gasteiger partial charge in [-0.1, -0.05) is 18.2 Å². The van der Waals surface area contributed by atoms with E-state index in [1.807, 2.05) is 24.3 Å². The van der Waals surface area contributed by atoms with Crippen LogP contribution in [0.25, 0.3) is 21.8 Å². The van der Waals surface area contributed by atoms with Gasteiger partial charge in [-0.05, 0) is 54.6 Å². The van der Waals surface area contributed by atoms with E-state index in [4.69, 9.17) is 5.73 Å². The number of nitrogens with zero attached hydrogens (tertiary/aromatic N) is 2. The topological polar surface area (TPSA) is 112 Å². The molecule has 0 saturated carbocycles. The number of carbonyl (C=O) groups excluding carboxylic acids is 2. The van der Waals surface area contributed by atoms with Crippen LogP contribution in [0.4, 0.5) is 15.8 Å². The van der Waals surface area contributed by atoms with E-state index < -0.39 is 23.0 Å². The molecule has 5 aromatic rings. The molecule has 166 valence electrons. The number of rotatable bonds is 3. The zero-order valence-electron chi connectivity index (χ0n) is 17.6. The number of aromatic nitrogens is 2. The first-order valence-corrected chi connectivity index (χ1v) is 10.5. The number of Topliss-reactive ketones (excluding diaryl/α,β-unsaturated/α-hetero) is 1. The van der Waals surface area contributed by atoms with Crippen LogP contribution in [-0.2, 0) is 10.3 Å². The van der Waals surface area contributed by atoms with Crippen molar-refractivity contribution in [2.75, 3.05) is 4.90 Å². The van der Waals surface area contributed by atoms with Crippen LogP contribution in [0.15, 0.2) is 79.0 Å². The van der Waals surface area contributed by atoms with E-state index in [9.17, 15) is 19.1 Å². The number of amides is 1. The van der Waals surface area contributed by atoms with E-state index in [1.54, 1.807) is 6.07 Å². The summed E-state index contributed by atoms with van der Waals surface area (Å²) in [6, 6.07) is 18.7. The number of nitrogens with one attached hydrogen (secondary N) is 1. The molecule has 8 heteroatoms. The molecule has 1 unspecified atom stereocenters. The van der Waals surface area contributed by atoms with Crippen molar-refractivity contribution >= 4 is 44.9 Å². The predicted octanol–water partition coefficient (Wildman–Crippen LogP) is 4.28. The number of halogens is 1. The van der Waals surface area contributed by atoms with Crippen molar-refractivity contribution in [1.82, 2.24) is 9.97 Å². The van der Waals surface area contributed by atoms with Crippen LogP contribution < -0.4 is 10.6 Å². The molecule has 1 aliphatic heterocycles. The lowest BCUT2D eigenvalue weighted by Gasteiger charge is -2.23. The number of hydrogen-bond acceptors (Lipinski definition) is 5. The van der Waals surface area contributed by atoms with Crippen molar-refractivity contribution in [3.05, 3.63) is 96.1 Å². The summed E-state index contributed by atoms with van der Waals surface area (Å²) in [6.07, 6.45) is 1.53. The predicted molar refractivity (Wildman–Crippen MR) is 125 cm³/mol. The van der Waals surface area contributed by atoms with Gasteiger partial charge >= 0.3 is 0 Å². The Kier molecular flexibility index (Phi) is 4.11. The number of phenols is 1. The molecule has 0 saturated heterocycles. The van der Waals surface area contributed by atoms with Crippen molar-refractivity contribution in [3.63, 3.8) is 0 Å². The van der Waals surface area contributed by atoms with Gasteiger partial charge in [0.1, 0.15) is 17.3 Å². The minimum absolute atomic E-state index is 0.0170. The van der Waals surface area contributed by atoms with Crippen molar-refractivity contribution in [3.8, 4) is 5.75 Å². The van der Waals surface area contributed by atoms with E-state index in [2.05, 4.69) is 9.97 Å². The van der Waals surface area contributed by atoms with Crippen molar-refractivity contribution in [2.45, 2.75) is 5.54 Å². The quantitative estimate of drug-likeness (QED) is 0.279. The van der Waals surface area contributed by atoms with Gasteiger partial charge in [-0.15, -0.1) is 0 Å². The van der Waals surface area contributed by atoms with E-state index in [0.29, 0.717) is 11.4 Å². The summed E-state index contributed by atoms with van der Waals surface area (Å²) < 4.78 is 13.5. The smallest absolute Gasteiger partial charge is 0.264 e. The van der Waals surface area contributed by atoms with Crippen LogP contribution in [0.3, 0.4) is 0 Å². The summed E-state index contributed by atoms with van der Waals surface area (Å²) in [5.74, 6) is -2.03. The molecule has 3 heterocycles. The fourth-order valence-corrected chi connectivity index (χ4v) is 4.58. The summed E-state index contributed by atoms with van der Waals surface area (Å²) in [6.45, 7) is 0. The molecule has 0 fully saturated rings. The van der Waals surface area contributed by atoms with Crippen molar-refractivity contribution in [2.24, 2.45) is 5.73 Å². The standard InChI is InChI=1S/C26H17FN4O3/c27-14-5-7-15(8-6-14)31-23-10-9-16(32)11-19(23)26(28,25(31)34)24(33)21-12-18-17-3-1-2-4-20(17)30-22(18)13-29-21/h1-13,30,32H,28H2. The highest BCUT2D eigenvalue weighted by Crippen LogP contribution is 2.45. The Labute approximate surface area is 192 Å². The first-order chi connectivity index (χ1) is 16.4.